The van der Waals surface area contributed by atoms with Crippen LogP contribution in [0.4, 0.5) is 5.82 Å². The molecule has 6 heteroatoms. The molecule has 3 rings (SSSR count). The van der Waals surface area contributed by atoms with Crippen molar-refractivity contribution in [3.63, 3.8) is 0 Å². The number of nitrogens with one attached hydrogen (secondary N) is 3. The molecule has 0 bridgehead atoms. The Bertz CT molecular complexity index is 926. The minimum atomic E-state index is 0.0554. The fourth-order valence-electron chi connectivity index (χ4n) is 4.12. The summed E-state index contributed by atoms with van der Waals surface area (Å²) in [4.78, 5) is 19.5. The maximum atomic E-state index is 12.7. The van der Waals surface area contributed by atoms with Crippen LogP contribution in [-0.4, -0.2) is 49.2 Å². The van der Waals surface area contributed by atoms with Crippen LogP contribution in [-0.2, 0) is 4.79 Å². The van der Waals surface area contributed by atoms with E-state index in [9.17, 15) is 4.79 Å². The Morgan fingerprint density at radius 1 is 1.21 bits per heavy atom. The third-order valence-corrected chi connectivity index (χ3v) is 5.88. The van der Waals surface area contributed by atoms with Gasteiger partial charge in [0.05, 0.1) is 0 Å². The minimum absolute atomic E-state index is 0.0554. The zero-order chi connectivity index (χ0) is 21.0. The fraction of sp³-hybridized carbons (Fsp3) is 0.435. The van der Waals surface area contributed by atoms with Crippen molar-refractivity contribution in [2.75, 3.05) is 26.5 Å². The molecule has 1 aromatic carbocycles. The van der Waals surface area contributed by atoms with Crippen LogP contribution in [0.2, 0.25) is 0 Å². The Hall–Kier alpha value is -2.73. The molecule has 1 heterocycles. The third kappa shape index (κ3) is 4.82. The highest BCUT2D eigenvalue weighted by Gasteiger charge is 2.27. The van der Waals surface area contributed by atoms with Crippen LogP contribution < -0.4 is 10.6 Å². The van der Waals surface area contributed by atoms with Gasteiger partial charge in [0, 0.05) is 48.6 Å². The third-order valence-electron chi connectivity index (χ3n) is 5.88. The first-order valence-electron chi connectivity index (χ1n) is 10.2. The molecule has 0 spiro atoms. The first-order valence-corrected chi connectivity index (χ1v) is 10.2. The van der Waals surface area contributed by atoms with Crippen molar-refractivity contribution in [1.82, 2.24) is 15.2 Å². The van der Waals surface area contributed by atoms with Crippen LogP contribution in [0.3, 0.4) is 0 Å². The second-order valence-electron chi connectivity index (χ2n) is 8.07. The first kappa shape index (κ1) is 21.0. The van der Waals surface area contributed by atoms with E-state index in [1.165, 1.54) is 6.21 Å². The zero-order valence-electron chi connectivity index (χ0n) is 17.7. The van der Waals surface area contributed by atoms with Gasteiger partial charge in [-0.05, 0) is 75.3 Å². The summed E-state index contributed by atoms with van der Waals surface area (Å²) in [6.07, 6.45) is 8.92. The van der Waals surface area contributed by atoms with Crippen LogP contribution in [0.5, 0.6) is 0 Å². The number of pyridine rings is 1. The van der Waals surface area contributed by atoms with Gasteiger partial charge in [-0.25, -0.2) is 4.98 Å². The summed E-state index contributed by atoms with van der Waals surface area (Å²) in [6, 6.07) is 6.60. The quantitative estimate of drug-likeness (QED) is 0.652. The van der Waals surface area contributed by atoms with Gasteiger partial charge in [-0.1, -0.05) is 6.07 Å². The molecular formula is C23H31N5O. The second kappa shape index (κ2) is 9.18. The molecule has 1 aliphatic rings. The van der Waals surface area contributed by atoms with Gasteiger partial charge in [0.15, 0.2) is 0 Å². The largest absolute Gasteiger partial charge is 0.393 e. The highest BCUT2D eigenvalue weighted by molar-refractivity contribution is 6.09. The van der Waals surface area contributed by atoms with Gasteiger partial charge in [-0.2, -0.15) is 0 Å². The number of carbonyl (C=O) groups excluding carboxylic acids is 1. The lowest BCUT2D eigenvalue weighted by Crippen LogP contribution is -2.35. The molecule has 0 saturated heterocycles. The normalized spacial score (nSPS) is 20.0. The number of rotatable bonds is 6. The molecule has 0 aliphatic heterocycles. The lowest BCUT2D eigenvalue weighted by Gasteiger charge is -2.31. The van der Waals surface area contributed by atoms with Crippen molar-refractivity contribution in [1.29, 1.82) is 5.41 Å². The van der Waals surface area contributed by atoms with Gasteiger partial charge in [-0.15, -0.1) is 0 Å². The molecule has 0 radical (unpaired) electrons. The summed E-state index contributed by atoms with van der Waals surface area (Å²) in [7, 11) is 6.03. The summed E-state index contributed by atoms with van der Waals surface area (Å²) in [6.45, 7) is 2.04. The van der Waals surface area contributed by atoms with Crippen molar-refractivity contribution >= 4 is 34.3 Å². The molecule has 1 fully saturated rings. The number of carbonyl (C=O) groups is 1. The van der Waals surface area contributed by atoms with E-state index in [0.717, 1.165) is 53.2 Å². The fourth-order valence-corrected chi connectivity index (χ4v) is 4.12. The lowest BCUT2D eigenvalue weighted by atomic mass is 9.85. The maximum absolute atomic E-state index is 12.7. The number of nitrogens with zero attached hydrogens (tertiary/aromatic N) is 2. The summed E-state index contributed by atoms with van der Waals surface area (Å²) in [5.41, 5.74) is 2.86. The van der Waals surface area contributed by atoms with Crippen LogP contribution >= 0.6 is 0 Å². The van der Waals surface area contributed by atoms with Crippen molar-refractivity contribution in [3.05, 3.63) is 41.7 Å². The molecule has 29 heavy (non-hydrogen) atoms. The van der Waals surface area contributed by atoms with E-state index in [2.05, 4.69) is 40.7 Å². The van der Waals surface area contributed by atoms with Gasteiger partial charge in [0.2, 0.25) is 5.91 Å². The molecule has 2 aromatic rings. The molecule has 154 valence electrons. The van der Waals surface area contributed by atoms with E-state index in [0.29, 0.717) is 11.9 Å². The standard InChI is InChI=1S/C23H31N5O/c1-15-9-17(19(12-24)13-25-2)10-18-11-22(26-14-21(15)18)27-23(29)16-5-7-20(8-6-16)28(3)4/h9-14,16,20,24-25H,5-8H2,1-4H3,(H,26,27,29)/b19-13+,24-12?/t16-,20-. The van der Waals surface area contributed by atoms with E-state index in [-0.39, 0.29) is 11.8 Å². The van der Waals surface area contributed by atoms with E-state index in [4.69, 9.17) is 5.41 Å². The Morgan fingerprint density at radius 2 is 1.93 bits per heavy atom. The highest BCUT2D eigenvalue weighted by atomic mass is 16.1. The monoisotopic (exact) mass is 393 g/mol. The van der Waals surface area contributed by atoms with Crippen molar-refractivity contribution in [2.24, 2.45) is 5.92 Å². The number of anilines is 1. The molecule has 3 N–H and O–H groups in total. The number of aryl methyl sites for hydroxylation is 1. The molecule has 6 nitrogen and oxygen atoms in total. The number of hydrogen-bond donors (Lipinski definition) is 3. The summed E-state index contributed by atoms with van der Waals surface area (Å²) in [5.74, 6) is 0.708. The van der Waals surface area contributed by atoms with Crippen molar-refractivity contribution in [3.8, 4) is 0 Å². The number of hydrogen-bond acceptors (Lipinski definition) is 5. The van der Waals surface area contributed by atoms with Crippen LogP contribution in [0, 0.1) is 18.3 Å². The van der Waals surface area contributed by atoms with Crippen LogP contribution in [0.15, 0.2) is 30.6 Å². The van der Waals surface area contributed by atoms with Crippen molar-refractivity contribution in [2.45, 2.75) is 38.6 Å². The number of amides is 1. The molecule has 1 aliphatic carbocycles. The van der Waals surface area contributed by atoms with E-state index < -0.39 is 0 Å². The Kier molecular flexibility index (Phi) is 6.64. The lowest BCUT2D eigenvalue weighted by molar-refractivity contribution is -0.121. The first-order chi connectivity index (χ1) is 13.9. The van der Waals surface area contributed by atoms with Crippen molar-refractivity contribution < 1.29 is 4.79 Å². The average molecular weight is 394 g/mol. The van der Waals surface area contributed by atoms with Crippen LogP contribution in [0.1, 0.15) is 36.8 Å². The second-order valence-corrected chi connectivity index (χ2v) is 8.07. The van der Waals surface area contributed by atoms with E-state index >= 15 is 0 Å². The van der Waals surface area contributed by atoms with Gasteiger partial charge in [-0.3, -0.25) is 4.79 Å². The van der Waals surface area contributed by atoms with Gasteiger partial charge in [0.25, 0.3) is 0 Å². The number of benzene rings is 1. The molecular weight excluding hydrogens is 362 g/mol. The SMILES string of the molecule is CN/C=C(\C=N)c1cc(C)c2cnc(NC(=O)[C@H]3CC[C@H](N(C)C)CC3)cc2c1. The van der Waals surface area contributed by atoms with Gasteiger partial charge < -0.3 is 20.9 Å². The zero-order valence-corrected chi connectivity index (χ0v) is 17.7. The Balaban J connectivity index is 1.79. The maximum Gasteiger partial charge on any atom is 0.228 e. The number of allylic oxidation sites excluding steroid dienone is 1. The van der Waals surface area contributed by atoms with Gasteiger partial charge in [0.1, 0.15) is 5.82 Å². The predicted octanol–water partition coefficient (Wildman–Crippen LogP) is 3.81. The molecule has 1 aromatic heterocycles. The van der Waals surface area contributed by atoms with E-state index in [1.807, 2.05) is 38.5 Å². The van der Waals surface area contributed by atoms with E-state index in [1.54, 1.807) is 0 Å². The molecule has 1 saturated carbocycles. The Morgan fingerprint density at radius 3 is 2.55 bits per heavy atom. The predicted molar refractivity (Wildman–Crippen MR) is 120 cm³/mol. The Labute approximate surface area is 172 Å². The summed E-state index contributed by atoms with van der Waals surface area (Å²) in [5, 5.41) is 15.7. The molecule has 0 unspecified atom stereocenters. The highest BCUT2D eigenvalue weighted by Crippen LogP contribution is 2.29. The molecule has 0 atom stereocenters. The number of aromatic nitrogens is 1. The molecule has 1 amide bonds. The van der Waals surface area contributed by atoms with Gasteiger partial charge >= 0.3 is 0 Å². The summed E-state index contributed by atoms with van der Waals surface area (Å²) >= 11 is 0. The summed E-state index contributed by atoms with van der Waals surface area (Å²) < 4.78 is 0. The average Bonchev–Trinajstić information content (AvgIpc) is 2.71. The number of fused-ring (bicyclic) bond motifs is 1. The topological polar surface area (TPSA) is 81.1 Å². The minimum Gasteiger partial charge on any atom is -0.393 e. The smallest absolute Gasteiger partial charge is 0.228 e. The van der Waals surface area contributed by atoms with Crippen LogP contribution in [0.25, 0.3) is 16.3 Å².